The van der Waals surface area contributed by atoms with Crippen molar-refractivity contribution in [2.75, 3.05) is 20.1 Å². The van der Waals surface area contributed by atoms with Crippen LogP contribution in [0, 0.1) is 34.0 Å². The van der Waals surface area contributed by atoms with Crippen molar-refractivity contribution in [1.82, 2.24) is 20.9 Å². The van der Waals surface area contributed by atoms with Gasteiger partial charge in [-0.05, 0) is 41.8 Å². The number of nitrogens with zero attached hydrogens (tertiary/aromatic N) is 1. The van der Waals surface area contributed by atoms with Crippen molar-refractivity contribution in [3.05, 3.63) is 0 Å². The van der Waals surface area contributed by atoms with Crippen molar-refractivity contribution in [2.45, 2.75) is 59.5 Å². The summed E-state index contributed by atoms with van der Waals surface area (Å²) < 4.78 is 0. The quantitative estimate of drug-likeness (QED) is 0.297. The number of thiocarbonyl (C=S) groups is 1. The summed E-state index contributed by atoms with van der Waals surface area (Å²) in [6, 6.07) is -1.74. The largest absolute Gasteiger partial charge is 0.369 e. The van der Waals surface area contributed by atoms with E-state index in [0.717, 1.165) is 0 Å². The minimum Gasteiger partial charge on any atom is -0.369 e. The van der Waals surface area contributed by atoms with Crippen molar-refractivity contribution in [3.8, 4) is 0 Å². The first-order chi connectivity index (χ1) is 15.6. The number of carbonyl (C=O) groups is 4. The Morgan fingerprint density at radius 1 is 1.26 bits per heavy atom. The van der Waals surface area contributed by atoms with Crippen molar-refractivity contribution >= 4 is 41.0 Å². The maximum atomic E-state index is 13.9. The summed E-state index contributed by atoms with van der Waals surface area (Å²) in [5.74, 6) is -2.95. The summed E-state index contributed by atoms with van der Waals surface area (Å²) in [6.45, 7) is 10.5. The number of primary amides is 2. The third-order valence-electron chi connectivity index (χ3n) is 8.39. The smallest absolute Gasteiger partial charge is 0.246 e. The van der Waals surface area contributed by atoms with E-state index in [2.05, 4.69) is 16.0 Å². The van der Waals surface area contributed by atoms with Gasteiger partial charge < -0.3 is 32.3 Å². The normalized spacial score (nSPS) is 31.2. The second-order valence-corrected chi connectivity index (χ2v) is 11.9. The Kier molecular flexibility index (Phi) is 6.67. The monoisotopic (exact) mass is 494 g/mol. The molecule has 3 aliphatic rings. The third-order valence-corrected chi connectivity index (χ3v) is 8.72. The topological polar surface area (TPSA) is 160 Å². The maximum absolute atomic E-state index is 13.9. The van der Waals surface area contributed by atoms with E-state index in [1.807, 2.05) is 34.6 Å². The van der Waals surface area contributed by atoms with Crippen molar-refractivity contribution in [3.63, 3.8) is 0 Å². The van der Waals surface area contributed by atoms with Gasteiger partial charge in [0, 0.05) is 37.4 Å². The number of hydrogen-bond donors (Lipinski definition) is 5. The van der Waals surface area contributed by atoms with Crippen molar-refractivity contribution in [1.29, 1.82) is 0 Å². The van der Waals surface area contributed by atoms with E-state index in [1.54, 1.807) is 7.05 Å². The average molecular weight is 495 g/mol. The summed E-state index contributed by atoms with van der Waals surface area (Å²) in [6.07, 6.45) is 0.836. The zero-order chi connectivity index (χ0) is 25.8. The van der Waals surface area contributed by atoms with Crippen LogP contribution in [0.1, 0.15) is 47.5 Å². The van der Waals surface area contributed by atoms with Crippen LogP contribution in [0.2, 0.25) is 0 Å². The van der Waals surface area contributed by atoms with E-state index in [1.165, 1.54) is 4.90 Å². The molecule has 3 rings (SSSR count). The van der Waals surface area contributed by atoms with Gasteiger partial charge in [0.05, 0.1) is 0 Å². The van der Waals surface area contributed by atoms with E-state index in [0.29, 0.717) is 18.1 Å². The van der Waals surface area contributed by atoms with Crippen LogP contribution in [0.5, 0.6) is 0 Å². The Balaban J connectivity index is 2.02. The lowest BCUT2D eigenvalue weighted by Gasteiger charge is -2.41. The van der Waals surface area contributed by atoms with Gasteiger partial charge in [0.1, 0.15) is 12.1 Å². The Morgan fingerprint density at radius 3 is 2.32 bits per heavy atom. The molecule has 10 nitrogen and oxygen atoms in total. The van der Waals surface area contributed by atoms with E-state index >= 15 is 0 Å². The average Bonchev–Trinajstić information content (AvgIpc) is 3.08. The minimum absolute atomic E-state index is 0.114. The van der Waals surface area contributed by atoms with Gasteiger partial charge in [-0.1, -0.05) is 34.6 Å². The maximum Gasteiger partial charge on any atom is 0.246 e. The SMILES string of the molecule is CNC(=S)N[C@H](C(=O)N1CC2C(C)(C)C2([C@H](C[C@H]2CCNC2=O)C(N)=O)C1C(N)=O)C(C)(C)C. The number of nitrogens with two attached hydrogens (primary N) is 2. The summed E-state index contributed by atoms with van der Waals surface area (Å²) >= 11 is 5.25. The molecule has 1 saturated carbocycles. The Labute approximate surface area is 206 Å². The van der Waals surface area contributed by atoms with Crippen molar-refractivity contribution in [2.24, 2.45) is 45.5 Å². The standard InChI is InChI=1S/C23H38N6O4S/c1-21(2,3)14(28-20(34)26-6)19(33)29-10-13-22(4,5)23(13,15(29)17(25)31)12(16(24)30)9-11-7-8-27-18(11)32/h11-15H,7-10H2,1-6H3,(H2,24,30)(H2,25,31)(H,27,32)(H2,26,28,34)/t11-,12-,13?,14-,15?,23?/m1/s1. The van der Waals surface area contributed by atoms with Gasteiger partial charge in [0.15, 0.2) is 5.11 Å². The van der Waals surface area contributed by atoms with Gasteiger partial charge in [-0.25, -0.2) is 0 Å². The van der Waals surface area contributed by atoms with Gasteiger partial charge in [-0.2, -0.15) is 0 Å². The van der Waals surface area contributed by atoms with Gasteiger partial charge in [-0.15, -0.1) is 0 Å². The lowest BCUT2D eigenvalue weighted by atomic mass is 9.71. The molecule has 6 atom stereocenters. The molecule has 2 saturated heterocycles. The molecule has 3 fully saturated rings. The molecule has 4 amide bonds. The highest BCUT2D eigenvalue weighted by atomic mass is 32.1. The van der Waals surface area contributed by atoms with Crippen LogP contribution >= 0.6 is 12.2 Å². The molecule has 11 heteroatoms. The fourth-order valence-corrected chi connectivity index (χ4v) is 6.75. The van der Waals surface area contributed by atoms with Crippen LogP contribution in [0.25, 0.3) is 0 Å². The molecule has 3 unspecified atom stereocenters. The Morgan fingerprint density at radius 2 is 1.88 bits per heavy atom. The number of carbonyl (C=O) groups excluding carboxylic acids is 4. The highest BCUT2D eigenvalue weighted by Gasteiger charge is 2.83. The predicted octanol–water partition coefficient (Wildman–Crippen LogP) is -0.539. The second kappa shape index (κ2) is 8.66. The molecule has 1 aliphatic carbocycles. The molecule has 0 radical (unpaired) electrons. The van der Waals surface area contributed by atoms with Crippen LogP contribution in [0.15, 0.2) is 0 Å². The third kappa shape index (κ3) is 3.91. The molecule has 0 aromatic heterocycles. The minimum atomic E-state index is -1.02. The number of amides is 4. The number of piperidine rings is 1. The molecule has 34 heavy (non-hydrogen) atoms. The summed E-state index contributed by atoms with van der Waals surface area (Å²) in [5.41, 5.74) is 9.94. The van der Waals surface area contributed by atoms with Gasteiger partial charge in [0.2, 0.25) is 23.6 Å². The van der Waals surface area contributed by atoms with Gasteiger partial charge in [-0.3, -0.25) is 19.2 Å². The van der Waals surface area contributed by atoms with E-state index in [9.17, 15) is 19.2 Å². The fourth-order valence-electron chi connectivity index (χ4n) is 6.63. The number of nitrogens with one attached hydrogen (secondary N) is 3. The second-order valence-electron chi connectivity index (χ2n) is 11.5. The van der Waals surface area contributed by atoms with E-state index < -0.39 is 46.1 Å². The summed E-state index contributed by atoms with van der Waals surface area (Å²) in [5, 5.41) is 8.98. The van der Waals surface area contributed by atoms with Crippen LogP contribution in [0.3, 0.4) is 0 Å². The highest BCUT2D eigenvalue weighted by molar-refractivity contribution is 7.80. The van der Waals surface area contributed by atoms with Crippen LogP contribution in [0.4, 0.5) is 0 Å². The van der Waals surface area contributed by atoms with Gasteiger partial charge >= 0.3 is 0 Å². The first-order valence-electron chi connectivity index (χ1n) is 11.8. The summed E-state index contributed by atoms with van der Waals surface area (Å²) in [7, 11) is 1.66. The molecule has 2 heterocycles. The number of likely N-dealkylation sites (tertiary alicyclic amines) is 1. The van der Waals surface area contributed by atoms with Crippen LogP contribution < -0.4 is 27.4 Å². The Bertz CT molecular complexity index is 916. The molecule has 0 aromatic rings. The van der Waals surface area contributed by atoms with E-state index in [4.69, 9.17) is 23.7 Å². The summed E-state index contributed by atoms with van der Waals surface area (Å²) in [4.78, 5) is 53.4. The molecule has 0 spiro atoms. The molecule has 0 bridgehead atoms. The number of fused-ring (bicyclic) bond motifs is 1. The fraction of sp³-hybridized carbons (Fsp3) is 0.783. The first-order valence-corrected chi connectivity index (χ1v) is 12.2. The van der Waals surface area contributed by atoms with Crippen molar-refractivity contribution < 1.29 is 19.2 Å². The first kappa shape index (κ1) is 26.2. The van der Waals surface area contributed by atoms with Crippen LogP contribution in [-0.4, -0.2) is 65.9 Å². The van der Waals surface area contributed by atoms with Gasteiger partial charge in [0.25, 0.3) is 0 Å². The Hall–Kier alpha value is -2.43. The lowest BCUT2D eigenvalue weighted by molar-refractivity contribution is -0.146. The molecule has 190 valence electrons. The molecule has 2 aliphatic heterocycles. The number of hydrogen-bond acceptors (Lipinski definition) is 5. The number of rotatable bonds is 7. The molecular formula is C23H38N6O4S. The lowest BCUT2D eigenvalue weighted by Crippen LogP contribution is -2.62. The van der Waals surface area contributed by atoms with Crippen LogP contribution in [-0.2, 0) is 19.2 Å². The molecule has 7 N–H and O–H groups in total. The predicted molar refractivity (Wildman–Crippen MR) is 131 cm³/mol. The zero-order valence-electron chi connectivity index (χ0n) is 20.9. The van der Waals surface area contributed by atoms with E-state index in [-0.39, 0.29) is 36.6 Å². The zero-order valence-corrected chi connectivity index (χ0v) is 21.7. The molecule has 0 aromatic carbocycles. The molecular weight excluding hydrogens is 456 g/mol. The highest BCUT2D eigenvalue weighted by Crippen LogP contribution is 2.78.